The van der Waals surface area contributed by atoms with Crippen LogP contribution < -0.4 is 10.6 Å². The number of aliphatic hydroxyl groups is 1. The van der Waals surface area contributed by atoms with Gasteiger partial charge >= 0.3 is 0 Å². The molecule has 3 N–H and O–H groups in total. The fourth-order valence-corrected chi connectivity index (χ4v) is 4.64. The van der Waals surface area contributed by atoms with Crippen molar-refractivity contribution >= 4 is 11.6 Å². The van der Waals surface area contributed by atoms with Crippen molar-refractivity contribution < 1.29 is 9.90 Å². The van der Waals surface area contributed by atoms with E-state index in [1.807, 2.05) is 48.4 Å². The summed E-state index contributed by atoms with van der Waals surface area (Å²) in [5.41, 5.74) is 5.61. The van der Waals surface area contributed by atoms with Crippen LogP contribution in [0.3, 0.4) is 0 Å². The topological polar surface area (TPSA) is 95.3 Å². The van der Waals surface area contributed by atoms with Gasteiger partial charge in [0.1, 0.15) is 0 Å². The highest BCUT2D eigenvalue weighted by atomic mass is 16.3. The van der Waals surface area contributed by atoms with Crippen molar-refractivity contribution in [3.8, 4) is 16.8 Å². The predicted octanol–water partition coefficient (Wildman–Crippen LogP) is 3.39. The van der Waals surface area contributed by atoms with Crippen LogP contribution in [0, 0.1) is 6.92 Å². The van der Waals surface area contributed by atoms with Crippen LogP contribution in [-0.2, 0) is 0 Å². The highest BCUT2D eigenvalue weighted by Crippen LogP contribution is 2.27. The van der Waals surface area contributed by atoms with E-state index < -0.39 is 0 Å². The Balaban J connectivity index is 1.28. The number of pyridine rings is 1. The lowest BCUT2D eigenvalue weighted by Gasteiger charge is -2.35. The number of benzene rings is 1. The van der Waals surface area contributed by atoms with Crippen molar-refractivity contribution in [2.75, 3.05) is 25.0 Å². The van der Waals surface area contributed by atoms with Gasteiger partial charge < -0.3 is 15.7 Å². The molecule has 1 unspecified atom stereocenters. The summed E-state index contributed by atoms with van der Waals surface area (Å²) in [7, 11) is 0. The predicted molar refractivity (Wildman–Crippen MR) is 137 cm³/mol. The number of carbonyl (C=O) groups is 1. The summed E-state index contributed by atoms with van der Waals surface area (Å²) >= 11 is 0. The zero-order valence-corrected chi connectivity index (χ0v) is 20.4. The second-order valence-corrected chi connectivity index (χ2v) is 9.87. The Hall–Kier alpha value is -3.23. The van der Waals surface area contributed by atoms with Gasteiger partial charge in [-0.3, -0.25) is 14.7 Å². The van der Waals surface area contributed by atoms with Crippen LogP contribution in [0.2, 0.25) is 0 Å². The average Bonchev–Trinajstić information content (AvgIpc) is 3.56. The second kappa shape index (κ2) is 10.2. The molecule has 0 bridgehead atoms. The van der Waals surface area contributed by atoms with Gasteiger partial charge in [0.25, 0.3) is 5.91 Å². The summed E-state index contributed by atoms with van der Waals surface area (Å²) in [6.45, 7) is 6.28. The maximum Gasteiger partial charge on any atom is 0.251 e. The number of aliphatic hydroxyl groups excluding tert-OH is 1. The number of aromatic nitrogens is 3. The molecule has 35 heavy (non-hydrogen) atoms. The normalized spacial score (nSPS) is 17.8. The first kappa shape index (κ1) is 23.5. The molecule has 1 atom stereocenters. The fraction of sp³-hybridized carbons (Fsp3) is 0.444. The van der Waals surface area contributed by atoms with Gasteiger partial charge in [-0.15, -0.1) is 0 Å². The van der Waals surface area contributed by atoms with Crippen molar-refractivity contribution in [1.82, 2.24) is 25.0 Å². The van der Waals surface area contributed by atoms with Gasteiger partial charge in [-0.1, -0.05) is 6.07 Å². The third-order valence-electron chi connectivity index (χ3n) is 7.08. The van der Waals surface area contributed by atoms with Gasteiger partial charge in [-0.05, 0) is 68.9 Å². The van der Waals surface area contributed by atoms with E-state index in [1.54, 1.807) is 6.20 Å². The molecule has 1 saturated carbocycles. The van der Waals surface area contributed by atoms with E-state index in [0.717, 1.165) is 66.8 Å². The van der Waals surface area contributed by atoms with E-state index in [9.17, 15) is 9.90 Å². The van der Waals surface area contributed by atoms with E-state index in [0.29, 0.717) is 17.6 Å². The zero-order valence-electron chi connectivity index (χ0n) is 20.4. The number of amides is 1. The number of piperidine rings is 1. The third-order valence-corrected chi connectivity index (χ3v) is 7.08. The number of nitrogens with zero attached hydrogens (tertiary/aromatic N) is 4. The zero-order chi connectivity index (χ0) is 24.4. The van der Waals surface area contributed by atoms with Gasteiger partial charge in [-0.2, -0.15) is 5.10 Å². The van der Waals surface area contributed by atoms with Crippen molar-refractivity contribution in [3.05, 3.63) is 60.2 Å². The number of likely N-dealkylation sites (tertiary alicyclic amines) is 1. The Labute approximate surface area is 206 Å². The number of rotatable bonds is 8. The first-order valence-electron chi connectivity index (χ1n) is 12.5. The Morgan fingerprint density at radius 1 is 1.11 bits per heavy atom. The van der Waals surface area contributed by atoms with Gasteiger partial charge in [0.15, 0.2) is 0 Å². The smallest absolute Gasteiger partial charge is 0.251 e. The second-order valence-electron chi connectivity index (χ2n) is 9.87. The standard InChI is InChI=1S/C27H34N6O2/c1-18-3-4-20(27(35)31-22-5-6-22)11-26(18)21-13-29-33(16-21)25-12-24(14-28-15-25)30-23-7-9-32(10-8-23)19(2)17-34/h3-4,11-16,19,22-23,30,34H,5-10,17H2,1-2H3,(H,31,35). The monoisotopic (exact) mass is 474 g/mol. The highest BCUT2D eigenvalue weighted by molar-refractivity contribution is 5.96. The summed E-state index contributed by atoms with van der Waals surface area (Å²) in [6.07, 6.45) is 11.7. The molecule has 1 saturated heterocycles. The van der Waals surface area contributed by atoms with Crippen molar-refractivity contribution in [2.45, 2.75) is 57.7 Å². The molecule has 1 amide bonds. The van der Waals surface area contributed by atoms with Crippen LogP contribution in [0.5, 0.6) is 0 Å². The lowest BCUT2D eigenvalue weighted by molar-refractivity contribution is 0.0951. The summed E-state index contributed by atoms with van der Waals surface area (Å²) in [5, 5.41) is 20.7. The van der Waals surface area contributed by atoms with Crippen LogP contribution in [0.25, 0.3) is 16.8 Å². The Morgan fingerprint density at radius 2 is 1.91 bits per heavy atom. The van der Waals surface area contributed by atoms with Gasteiger partial charge in [0, 0.05) is 48.5 Å². The fourth-order valence-electron chi connectivity index (χ4n) is 4.64. The molecule has 0 spiro atoms. The molecule has 2 fully saturated rings. The molecular weight excluding hydrogens is 440 g/mol. The molecule has 184 valence electrons. The Kier molecular flexibility index (Phi) is 6.83. The molecule has 3 heterocycles. The van der Waals surface area contributed by atoms with Crippen LogP contribution in [0.15, 0.2) is 49.1 Å². The first-order valence-corrected chi connectivity index (χ1v) is 12.5. The molecule has 0 radical (unpaired) electrons. The van der Waals surface area contributed by atoms with Gasteiger partial charge in [0.05, 0.1) is 36.6 Å². The SMILES string of the molecule is Cc1ccc(C(=O)NC2CC2)cc1-c1cnn(-c2cncc(NC3CCN(C(C)CO)CC3)c2)c1. The van der Waals surface area contributed by atoms with Gasteiger partial charge in [0.2, 0.25) is 0 Å². The summed E-state index contributed by atoms with van der Waals surface area (Å²) < 4.78 is 1.83. The van der Waals surface area contributed by atoms with Crippen LogP contribution in [0.4, 0.5) is 5.69 Å². The minimum absolute atomic E-state index is 0.0132. The van der Waals surface area contributed by atoms with Crippen molar-refractivity contribution in [3.63, 3.8) is 0 Å². The van der Waals surface area contributed by atoms with E-state index >= 15 is 0 Å². The molecule has 2 aliphatic rings. The molecule has 1 aliphatic carbocycles. The van der Waals surface area contributed by atoms with Crippen molar-refractivity contribution in [2.24, 2.45) is 0 Å². The number of nitrogens with one attached hydrogen (secondary N) is 2. The number of hydrogen-bond donors (Lipinski definition) is 3. The summed E-state index contributed by atoms with van der Waals surface area (Å²) in [6, 6.07) is 8.83. The van der Waals surface area contributed by atoms with Crippen molar-refractivity contribution in [1.29, 1.82) is 0 Å². The third kappa shape index (κ3) is 5.55. The number of aryl methyl sites for hydroxylation is 1. The van der Waals surface area contributed by atoms with Gasteiger partial charge in [-0.25, -0.2) is 4.68 Å². The van der Waals surface area contributed by atoms with E-state index in [1.165, 1.54) is 0 Å². The van der Waals surface area contributed by atoms with E-state index in [-0.39, 0.29) is 18.6 Å². The Bertz CT molecular complexity index is 1180. The van der Waals surface area contributed by atoms with Crippen LogP contribution in [0.1, 0.15) is 48.5 Å². The van der Waals surface area contributed by atoms with E-state index in [4.69, 9.17) is 0 Å². The van der Waals surface area contributed by atoms with E-state index in [2.05, 4.69) is 38.6 Å². The molecule has 1 aliphatic heterocycles. The largest absolute Gasteiger partial charge is 0.395 e. The quantitative estimate of drug-likeness (QED) is 0.463. The van der Waals surface area contributed by atoms with Crippen LogP contribution >= 0.6 is 0 Å². The number of carbonyl (C=O) groups excluding carboxylic acids is 1. The van der Waals surface area contributed by atoms with Crippen LogP contribution in [-0.4, -0.2) is 68.5 Å². The number of hydrogen-bond acceptors (Lipinski definition) is 6. The molecular formula is C27H34N6O2. The lowest BCUT2D eigenvalue weighted by Crippen LogP contribution is -2.44. The molecule has 3 aromatic rings. The minimum Gasteiger partial charge on any atom is -0.395 e. The molecule has 2 aromatic heterocycles. The molecule has 8 heteroatoms. The maximum absolute atomic E-state index is 12.5. The average molecular weight is 475 g/mol. The first-order chi connectivity index (χ1) is 17.0. The molecule has 1 aromatic carbocycles. The Morgan fingerprint density at radius 3 is 2.66 bits per heavy atom. The minimum atomic E-state index is -0.0132. The summed E-state index contributed by atoms with van der Waals surface area (Å²) in [4.78, 5) is 19.3. The molecule has 5 rings (SSSR count). The highest BCUT2D eigenvalue weighted by Gasteiger charge is 2.24. The summed E-state index contributed by atoms with van der Waals surface area (Å²) in [5.74, 6) is -0.0132. The maximum atomic E-state index is 12.5. The number of anilines is 1. The molecule has 8 nitrogen and oxygen atoms in total. The lowest BCUT2D eigenvalue weighted by atomic mass is 10.0.